The number of hydrogen-bond acceptors (Lipinski definition) is 21. The SMILES string of the molecule is NCCC(=O)Nc1cccc2c1CN(C1CCC(=O)NC1=O)C2=O.[C-]#[N+]c1ncn2c1[C@@H](CC)N(C1CCCC1)c1nc(Cc3ccc(C(=O)NCCC(=O)Nc4cccc5c4CN(C4CCC(=O)NC4=O)C5=O)cc3OC)ncc1-2.[C-]#[N+]c1ncn2c1[C@@H](CC)N(C1CCCC1)c1nc(Cc3ccc(C(=O)O)cc3OC)ncc1-2. The van der Waals surface area contributed by atoms with E-state index in [4.69, 9.17) is 43.3 Å². The number of nitrogens with one attached hydrogen (secondary N) is 5. The van der Waals surface area contributed by atoms with Gasteiger partial charge in [-0.05, 0) is 99.9 Å². The second-order valence-corrected chi connectivity index (χ2v) is 29.2. The van der Waals surface area contributed by atoms with Gasteiger partial charge in [-0.25, -0.2) is 24.7 Å². The molecule has 6 aliphatic heterocycles. The number of carbonyl (C=O) groups excluding carboxylic acids is 9. The highest BCUT2D eigenvalue weighted by Gasteiger charge is 2.45. The van der Waals surface area contributed by atoms with Crippen molar-refractivity contribution >= 4 is 93.8 Å². The third-order valence-corrected chi connectivity index (χ3v) is 22.4. The summed E-state index contributed by atoms with van der Waals surface area (Å²) in [5, 5.41) is 22.2. The van der Waals surface area contributed by atoms with Gasteiger partial charge in [-0.3, -0.25) is 62.9 Å². The van der Waals surface area contributed by atoms with Gasteiger partial charge in [0.05, 0.1) is 55.6 Å². The molecule has 2 saturated heterocycles. The highest BCUT2D eigenvalue weighted by Crippen LogP contribution is 2.49. The molecule has 0 spiro atoms. The minimum Gasteiger partial charge on any atom is -0.496 e. The lowest BCUT2D eigenvalue weighted by Gasteiger charge is -2.42. The van der Waals surface area contributed by atoms with E-state index in [1.54, 1.807) is 86.6 Å². The van der Waals surface area contributed by atoms with Gasteiger partial charge in [0.25, 0.3) is 29.4 Å². The average Bonchev–Trinajstić information content (AvgIpc) is 1.66. The number of piperidine rings is 2. The maximum absolute atomic E-state index is 13.2. The smallest absolute Gasteiger partial charge is 0.335 e. The summed E-state index contributed by atoms with van der Waals surface area (Å²) >= 11 is 0. The quantitative estimate of drug-likeness (QED) is 0.0260. The number of fused-ring (bicyclic) bond motifs is 8. The van der Waals surface area contributed by atoms with Crippen LogP contribution >= 0.6 is 0 Å². The van der Waals surface area contributed by atoms with E-state index < -0.39 is 29.9 Å². The Kier molecular flexibility index (Phi) is 23.1. The summed E-state index contributed by atoms with van der Waals surface area (Å²) in [6.45, 7) is 20.3. The number of nitrogens with two attached hydrogens (primary N) is 1. The van der Waals surface area contributed by atoms with Crippen LogP contribution in [0.2, 0.25) is 0 Å². The number of anilines is 4. The Morgan fingerprint density at radius 1 is 0.591 bits per heavy atom. The number of amides is 9. The van der Waals surface area contributed by atoms with E-state index in [1.165, 1.54) is 35.8 Å². The van der Waals surface area contributed by atoms with Crippen LogP contribution < -0.4 is 51.6 Å². The molecule has 8 aliphatic rings. The van der Waals surface area contributed by atoms with E-state index in [1.807, 2.05) is 21.4 Å². The summed E-state index contributed by atoms with van der Waals surface area (Å²) in [4.78, 5) is 166. The van der Waals surface area contributed by atoms with Crippen LogP contribution in [-0.4, -0.2) is 165 Å². The van der Waals surface area contributed by atoms with Crippen LogP contribution in [0.4, 0.5) is 34.6 Å². The van der Waals surface area contributed by atoms with Crippen molar-refractivity contribution in [3.63, 3.8) is 0 Å². The van der Waals surface area contributed by atoms with Gasteiger partial charge in [-0.1, -0.05) is 76.9 Å². The van der Waals surface area contributed by atoms with Crippen molar-refractivity contribution in [2.45, 2.75) is 179 Å². The molecule has 0 radical (unpaired) electrons. The fourth-order valence-corrected chi connectivity index (χ4v) is 16.9. The largest absolute Gasteiger partial charge is 0.496 e. The number of carboxylic acid groups (broad SMARTS) is 1. The van der Waals surface area contributed by atoms with Gasteiger partial charge >= 0.3 is 5.97 Å². The number of carboxylic acids is 1. The predicted molar refractivity (Wildman–Crippen MR) is 418 cm³/mol. The van der Waals surface area contributed by atoms with Gasteiger partial charge in [0.1, 0.15) is 46.6 Å². The van der Waals surface area contributed by atoms with Crippen molar-refractivity contribution < 1.29 is 62.5 Å². The van der Waals surface area contributed by atoms with Crippen LogP contribution in [0, 0.1) is 13.1 Å². The highest BCUT2D eigenvalue weighted by atomic mass is 16.5. The van der Waals surface area contributed by atoms with Crippen molar-refractivity contribution in [1.29, 1.82) is 0 Å². The molecule has 2 aliphatic carbocycles. The third kappa shape index (κ3) is 15.7. The summed E-state index contributed by atoms with van der Waals surface area (Å²) in [6.07, 6.45) is 19.5. The molecule has 0 bridgehead atoms. The molecule has 4 aromatic carbocycles. The molecule has 8 N–H and O–H groups in total. The summed E-state index contributed by atoms with van der Waals surface area (Å²) in [6, 6.07) is 19.3. The standard InChI is InChI=1S/C41H42N10O6.C25H26N6O3.C16H18N4O4/c1-4-29-36-37(42-2)45-22-50(36)31-20-44-33(47-38(31)51(29)25-8-5-6-9-25)19-23-12-13-24(18-32(23)57-3)39(54)43-17-16-35(53)46-28-11-7-10-26-27(28)21-49(41(26)56)30-14-15-34(52)48-40(30)55;1-4-18-22-23(26-2)28-14-30(22)19-13-27-21(29-24(19)31(18)17-7-5-6-8-17)12-15-9-10-16(25(32)33)11-20(15)34-3;17-7-6-14(22)18-11-3-1-2-9-10(11)8-20(16(9)24)12-4-5-13(21)19-15(12)23/h7,10-13,18,20,22,25,29-30H,4-6,8-9,14-17,19,21H2,1,3H3,(H,43,54)(H,46,53)(H,48,52,55);9-11,13-14,17-18H,4-8,12H2,1,3H3,(H,32,33);1-3,12H,4-8,17H2,(H,18,22)(H,19,21,23)/t29-,30?;18-;/m11./s1. The zero-order valence-corrected chi connectivity index (χ0v) is 63.9. The molecule has 4 fully saturated rings. The van der Waals surface area contributed by atoms with Crippen LogP contribution in [0.5, 0.6) is 11.5 Å². The monoisotopic (exact) mass is 1560 g/mol. The van der Waals surface area contributed by atoms with E-state index in [0.29, 0.717) is 105 Å². The Hall–Kier alpha value is -13.3. The van der Waals surface area contributed by atoms with Crippen molar-refractivity contribution in [3.05, 3.63) is 188 Å². The molecule has 8 aromatic rings. The van der Waals surface area contributed by atoms with Gasteiger partial charge in [-0.2, -0.15) is 0 Å². The number of ether oxygens (including phenoxy) is 2. The van der Waals surface area contributed by atoms with Crippen molar-refractivity contribution in [3.8, 4) is 22.9 Å². The Labute approximate surface area is 661 Å². The number of imidazole rings is 2. The van der Waals surface area contributed by atoms with Crippen LogP contribution in [0.25, 0.3) is 21.1 Å². The van der Waals surface area contributed by atoms with E-state index in [9.17, 15) is 53.1 Å². The predicted octanol–water partition coefficient (Wildman–Crippen LogP) is 9.01. The molecule has 592 valence electrons. The van der Waals surface area contributed by atoms with Crippen LogP contribution in [-0.2, 0) is 54.7 Å². The Morgan fingerprint density at radius 2 is 1.03 bits per heavy atom. The number of rotatable bonds is 21. The van der Waals surface area contributed by atoms with Crippen molar-refractivity contribution in [2.75, 3.05) is 47.7 Å². The molecule has 2 unspecified atom stereocenters. The zero-order valence-electron chi connectivity index (χ0n) is 63.9. The third-order valence-electron chi connectivity index (χ3n) is 22.4. The van der Waals surface area contributed by atoms with Gasteiger partial charge in [-0.15, -0.1) is 9.97 Å². The Morgan fingerprint density at radius 3 is 1.45 bits per heavy atom. The number of carbonyl (C=O) groups is 10. The Bertz CT molecular complexity index is 5320. The fraction of sp³-hybridized carbons (Fsp3) is 0.390. The summed E-state index contributed by atoms with van der Waals surface area (Å²) in [5.74, 6) is 0.559. The lowest BCUT2D eigenvalue weighted by atomic mass is 10.0. The number of aromatic carboxylic acids is 1. The number of hydrogen-bond donors (Lipinski definition) is 7. The second-order valence-electron chi connectivity index (χ2n) is 29.2. The number of benzene rings is 4. The number of methoxy groups -OCH3 is 2. The van der Waals surface area contributed by atoms with E-state index in [2.05, 4.69) is 74.9 Å². The molecule has 33 heteroatoms. The van der Waals surface area contributed by atoms with E-state index >= 15 is 0 Å². The molecule has 16 rings (SSSR count). The van der Waals surface area contributed by atoms with Crippen molar-refractivity contribution in [1.82, 2.24) is 64.8 Å². The topological polar surface area (TPSA) is 404 Å². The Balaban J connectivity index is 0.000000159. The van der Waals surface area contributed by atoms with Gasteiger partial charge in [0, 0.05) is 127 Å². The molecule has 4 aromatic heterocycles. The molecule has 115 heavy (non-hydrogen) atoms. The first-order valence-electron chi connectivity index (χ1n) is 38.6. The summed E-state index contributed by atoms with van der Waals surface area (Å²) < 4.78 is 15.1. The average molecular weight is 1560 g/mol. The summed E-state index contributed by atoms with van der Waals surface area (Å²) in [7, 11) is 3.07. The second kappa shape index (κ2) is 34.0. The van der Waals surface area contributed by atoms with Crippen molar-refractivity contribution in [2.24, 2.45) is 5.73 Å². The maximum Gasteiger partial charge on any atom is 0.335 e. The van der Waals surface area contributed by atoms with Gasteiger partial charge in [0.2, 0.25) is 35.4 Å². The molecular formula is C82H86N20O13. The van der Waals surface area contributed by atoms with Crippen LogP contribution in [0.1, 0.15) is 215 Å². The van der Waals surface area contributed by atoms with E-state index in [0.717, 1.165) is 96.9 Å². The number of aromatic nitrogens is 8. The minimum atomic E-state index is -0.998. The lowest BCUT2D eigenvalue weighted by Crippen LogP contribution is -2.52. The molecule has 2 saturated carbocycles. The molecule has 9 amide bonds. The minimum absolute atomic E-state index is 0.0225. The van der Waals surface area contributed by atoms with Crippen LogP contribution in [0.3, 0.4) is 0 Å². The summed E-state index contributed by atoms with van der Waals surface area (Å²) in [5.41, 5.74) is 14.1. The molecule has 10 heterocycles. The van der Waals surface area contributed by atoms with E-state index in [-0.39, 0.29) is 117 Å². The van der Waals surface area contributed by atoms with Gasteiger partial charge in [0.15, 0.2) is 24.3 Å². The maximum atomic E-state index is 13.2. The fourth-order valence-electron chi connectivity index (χ4n) is 16.9. The first-order chi connectivity index (χ1) is 55.7. The first kappa shape index (κ1) is 78.4. The normalized spacial score (nSPS) is 18.5. The highest BCUT2D eigenvalue weighted by molar-refractivity contribution is 6.08. The zero-order chi connectivity index (χ0) is 80.9. The van der Waals surface area contributed by atoms with Crippen LogP contribution in [0.15, 0.2) is 97.8 Å². The number of nitrogens with zero attached hydrogens (tertiary/aromatic N) is 14. The molecule has 33 nitrogen and oxygen atoms in total. The molecule has 4 atom stereocenters. The first-order valence-corrected chi connectivity index (χ1v) is 38.6. The lowest BCUT2D eigenvalue weighted by molar-refractivity contribution is -0.138. The molecular weight excluding hydrogens is 1470 g/mol. The van der Waals surface area contributed by atoms with Gasteiger partial charge < -0.3 is 65.6 Å². The number of imide groups is 2.